The molecule has 0 radical (unpaired) electrons. The maximum atomic E-state index is 11.7. The Labute approximate surface area is 152 Å². The Morgan fingerprint density at radius 2 is 1.77 bits per heavy atom. The molecule has 0 amide bonds. The van der Waals surface area contributed by atoms with E-state index in [1.807, 2.05) is 38.1 Å². The van der Waals surface area contributed by atoms with Crippen LogP contribution < -0.4 is 5.56 Å². The zero-order valence-corrected chi connectivity index (χ0v) is 15.2. The minimum absolute atomic E-state index is 0.0583. The van der Waals surface area contributed by atoms with Gasteiger partial charge in [-0.05, 0) is 51.9 Å². The van der Waals surface area contributed by atoms with Crippen LogP contribution in [0.15, 0.2) is 35.1 Å². The number of likely N-dealkylation sites (tertiary alicyclic amines) is 1. The Kier molecular flexibility index (Phi) is 4.51. The number of hydrogen-bond acceptors (Lipinski definition) is 5. The summed E-state index contributed by atoms with van der Waals surface area (Å²) < 4.78 is 0. The lowest BCUT2D eigenvalue weighted by atomic mass is 9.93. The summed E-state index contributed by atoms with van der Waals surface area (Å²) in [6.45, 7) is 6.64. The number of fused-ring (bicyclic) bond motifs is 1. The predicted molar refractivity (Wildman–Crippen MR) is 101 cm³/mol. The monoisotopic (exact) mass is 349 g/mol. The number of aryl methyl sites for hydroxylation is 2. The van der Waals surface area contributed by atoms with Gasteiger partial charge in [-0.15, -0.1) is 0 Å². The number of nitrogens with zero attached hydrogens (tertiary/aromatic N) is 4. The number of aromatic amines is 1. The molecule has 0 spiro atoms. The van der Waals surface area contributed by atoms with Crippen LogP contribution in [0.4, 0.5) is 0 Å². The highest BCUT2D eigenvalue weighted by Gasteiger charge is 2.23. The molecule has 134 valence electrons. The molecular formula is C20H23N5O. The van der Waals surface area contributed by atoms with Crippen molar-refractivity contribution in [2.45, 2.75) is 39.2 Å². The van der Waals surface area contributed by atoms with Gasteiger partial charge >= 0.3 is 0 Å². The normalized spacial score (nSPS) is 16.2. The molecule has 6 heteroatoms. The number of para-hydroxylation sites is 2. The molecule has 1 fully saturated rings. The predicted octanol–water partition coefficient (Wildman–Crippen LogP) is 2.71. The van der Waals surface area contributed by atoms with Gasteiger partial charge in [0.2, 0.25) is 0 Å². The third kappa shape index (κ3) is 3.51. The van der Waals surface area contributed by atoms with E-state index in [4.69, 9.17) is 4.98 Å². The van der Waals surface area contributed by atoms with Gasteiger partial charge in [0.25, 0.3) is 5.56 Å². The average Bonchev–Trinajstić information content (AvgIpc) is 2.62. The number of piperidine rings is 1. The number of hydrogen-bond donors (Lipinski definition) is 1. The van der Waals surface area contributed by atoms with Gasteiger partial charge in [-0.2, -0.15) is 0 Å². The van der Waals surface area contributed by atoms with Crippen LogP contribution in [-0.4, -0.2) is 37.9 Å². The van der Waals surface area contributed by atoms with Crippen LogP contribution >= 0.6 is 0 Å². The van der Waals surface area contributed by atoms with Gasteiger partial charge in [0.05, 0.1) is 28.1 Å². The van der Waals surface area contributed by atoms with Gasteiger partial charge in [0.1, 0.15) is 5.82 Å². The molecule has 0 aliphatic carbocycles. The van der Waals surface area contributed by atoms with Crippen molar-refractivity contribution < 1.29 is 0 Å². The van der Waals surface area contributed by atoms with Crippen molar-refractivity contribution in [1.82, 2.24) is 24.8 Å². The molecule has 2 aromatic heterocycles. The van der Waals surface area contributed by atoms with Crippen molar-refractivity contribution >= 4 is 11.0 Å². The van der Waals surface area contributed by atoms with Crippen LogP contribution in [0, 0.1) is 13.8 Å². The number of rotatable bonds is 3. The van der Waals surface area contributed by atoms with Crippen molar-refractivity contribution in [3.8, 4) is 0 Å². The van der Waals surface area contributed by atoms with E-state index in [1.54, 1.807) is 6.07 Å². The Balaban J connectivity index is 1.45. The maximum Gasteiger partial charge on any atom is 0.251 e. The molecular weight excluding hydrogens is 326 g/mol. The third-order valence-corrected chi connectivity index (χ3v) is 5.10. The van der Waals surface area contributed by atoms with Crippen LogP contribution in [0.25, 0.3) is 11.0 Å². The first-order valence-electron chi connectivity index (χ1n) is 9.11. The van der Waals surface area contributed by atoms with E-state index >= 15 is 0 Å². The van der Waals surface area contributed by atoms with Gasteiger partial charge in [0, 0.05) is 18.5 Å². The van der Waals surface area contributed by atoms with E-state index in [0.29, 0.717) is 11.7 Å². The lowest BCUT2D eigenvalue weighted by molar-refractivity contribution is 0.200. The minimum Gasteiger partial charge on any atom is -0.311 e. The molecule has 3 aromatic rings. The molecule has 1 aromatic carbocycles. The largest absolute Gasteiger partial charge is 0.311 e. The Morgan fingerprint density at radius 1 is 1.08 bits per heavy atom. The SMILES string of the molecule is Cc1nc(C2CCN(Cc3nc4ccccc4nc3C)CC2)cc(=O)[nH]1. The molecule has 0 saturated carbocycles. The fourth-order valence-electron chi connectivity index (χ4n) is 3.68. The molecule has 1 saturated heterocycles. The molecule has 3 heterocycles. The van der Waals surface area contributed by atoms with E-state index in [9.17, 15) is 4.79 Å². The highest BCUT2D eigenvalue weighted by atomic mass is 16.1. The quantitative estimate of drug-likeness (QED) is 0.787. The fourth-order valence-corrected chi connectivity index (χ4v) is 3.68. The number of benzene rings is 1. The first kappa shape index (κ1) is 16.8. The lowest BCUT2D eigenvalue weighted by Crippen LogP contribution is -2.33. The van der Waals surface area contributed by atoms with E-state index in [2.05, 4.69) is 19.9 Å². The zero-order valence-electron chi connectivity index (χ0n) is 15.2. The minimum atomic E-state index is -0.0583. The van der Waals surface area contributed by atoms with E-state index in [-0.39, 0.29) is 5.56 Å². The second kappa shape index (κ2) is 6.96. The van der Waals surface area contributed by atoms with Crippen LogP contribution in [0.3, 0.4) is 0 Å². The van der Waals surface area contributed by atoms with Crippen LogP contribution in [0.1, 0.15) is 41.7 Å². The summed E-state index contributed by atoms with van der Waals surface area (Å²) >= 11 is 0. The first-order chi connectivity index (χ1) is 12.6. The summed E-state index contributed by atoms with van der Waals surface area (Å²) in [5, 5.41) is 0. The smallest absolute Gasteiger partial charge is 0.251 e. The van der Waals surface area contributed by atoms with Crippen LogP contribution in [-0.2, 0) is 6.54 Å². The van der Waals surface area contributed by atoms with Gasteiger partial charge in [-0.1, -0.05) is 12.1 Å². The second-order valence-corrected chi connectivity index (χ2v) is 7.05. The summed E-state index contributed by atoms with van der Waals surface area (Å²) in [7, 11) is 0. The third-order valence-electron chi connectivity index (χ3n) is 5.10. The summed E-state index contributed by atoms with van der Waals surface area (Å²) in [6, 6.07) is 9.65. The van der Waals surface area contributed by atoms with Crippen molar-refractivity contribution in [3.63, 3.8) is 0 Å². The van der Waals surface area contributed by atoms with Crippen molar-refractivity contribution in [1.29, 1.82) is 0 Å². The van der Waals surface area contributed by atoms with Gasteiger partial charge in [-0.25, -0.2) is 15.0 Å². The molecule has 0 atom stereocenters. The summed E-state index contributed by atoms with van der Waals surface area (Å²) in [4.78, 5) is 30.8. The van der Waals surface area contributed by atoms with E-state index in [0.717, 1.165) is 60.6 Å². The standard InChI is InChI=1S/C20H23N5O/c1-13-19(24-17-6-4-3-5-16(17)21-13)12-25-9-7-15(8-10-25)18-11-20(26)23-14(2)22-18/h3-6,11,15H,7-10,12H2,1-2H3,(H,22,23,26). The summed E-state index contributed by atoms with van der Waals surface area (Å²) in [5.41, 5.74) is 4.81. The fraction of sp³-hybridized carbons (Fsp3) is 0.400. The number of aromatic nitrogens is 4. The highest BCUT2D eigenvalue weighted by Crippen LogP contribution is 2.27. The zero-order chi connectivity index (χ0) is 18.1. The van der Waals surface area contributed by atoms with Crippen molar-refractivity contribution in [2.75, 3.05) is 13.1 Å². The Hall–Kier alpha value is -2.60. The van der Waals surface area contributed by atoms with Gasteiger partial charge < -0.3 is 4.98 Å². The van der Waals surface area contributed by atoms with Crippen molar-refractivity contribution in [2.24, 2.45) is 0 Å². The Bertz CT molecular complexity index is 989. The second-order valence-electron chi connectivity index (χ2n) is 7.05. The summed E-state index contributed by atoms with van der Waals surface area (Å²) in [6.07, 6.45) is 2.02. The molecule has 1 aliphatic rings. The topological polar surface area (TPSA) is 74.8 Å². The lowest BCUT2D eigenvalue weighted by Gasteiger charge is -2.31. The molecule has 0 unspecified atom stereocenters. The van der Waals surface area contributed by atoms with Crippen LogP contribution in [0.2, 0.25) is 0 Å². The molecule has 4 rings (SSSR count). The molecule has 26 heavy (non-hydrogen) atoms. The van der Waals surface area contributed by atoms with E-state index in [1.165, 1.54) is 0 Å². The first-order valence-corrected chi connectivity index (χ1v) is 9.11. The van der Waals surface area contributed by atoms with Gasteiger partial charge in [-0.3, -0.25) is 9.69 Å². The van der Waals surface area contributed by atoms with Crippen LogP contribution in [0.5, 0.6) is 0 Å². The molecule has 1 N–H and O–H groups in total. The highest BCUT2D eigenvalue weighted by molar-refractivity contribution is 5.74. The van der Waals surface area contributed by atoms with Crippen molar-refractivity contribution in [3.05, 3.63) is 63.6 Å². The molecule has 0 bridgehead atoms. The van der Waals surface area contributed by atoms with Gasteiger partial charge in [0.15, 0.2) is 0 Å². The number of H-pyrrole nitrogens is 1. The maximum absolute atomic E-state index is 11.7. The number of nitrogens with one attached hydrogen (secondary N) is 1. The molecule has 1 aliphatic heterocycles. The average molecular weight is 349 g/mol. The van der Waals surface area contributed by atoms with E-state index < -0.39 is 0 Å². The molecule has 6 nitrogen and oxygen atoms in total. The Morgan fingerprint density at radius 3 is 2.46 bits per heavy atom. The summed E-state index contributed by atoms with van der Waals surface area (Å²) in [5.74, 6) is 1.05.